The van der Waals surface area contributed by atoms with Crippen molar-refractivity contribution in [3.05, 3.63) is 27.8 Å². The molecule has 19 heavy (non-hydrogen) atoms. The molecule has 104 valence electrons. The minimum atomic E-state index is -0.317. The number of rotatable bonds is 5. The van der Waals surface area contributed by atoms with Gasteiger partial charge in [0.15, 0.2) is 11.6 Å². The highest BCUT2D eigenvalue weighted by Gasteiger charge is 2.23. The van der Waals surface area contributed by atoms with E-state index < -0.39 is 0 Å². The summed E-state index contributed by atoms with van der Waals surface area (Å²) in [5.41, 5.74) is 0.961. The lowest BCUT2D eigenvalue weighted by molar-refractivity contribution is 0.0521. The smallest absolute Gasteiger partial charge is 0.348 e. The van der Waals surface area contributed by atoms with Gasteiger partial charge in [-0.2, -0.15) is 5.10 Å². The summed E-state index contributed by atoms with van der Waals surface area (Å²) in [5, 5.41) is 10.4. The zero-order valence-corrected chi connectivity index (χ0v) is 11.6. The van der Waals surface area contributed by atoms with E-state index in [2.05, 4.69) is 15.4 Å². The number of nitrogens with one attached hydrogen (secondary N) is 1. The summed E-state index contributed by atoms with van der Waals surface area (Å²) in [6, 6.07) is 0. The van der Waals surface area contributed by atoms with Crippen LogP contribution in [-0.2, 0) is 4.74 Å². The molecule has 0 fully saturated rings. The Hall–Kier alpha value is -1.89. The molecule has 1 unspecified atom stereocenters. The van der Waals surface area contributed by atoms with Crippen LogP contribution in [0.5, 0.6) is 0 Å². The molecule has 0 aliphatic carbocycles. The first-order valence-electron chi connectivity index (χ1n) is 6.32. The minimum absolute atomic E-state index is 0.238. The molecule has 0 aliphatic heterocycles. The van der Waals surface area contributed by atoms with E-state index in [1.807, 2.05) is 13.8 Å². The summed E-state index contributed by atoms with van der Waals surface area (Å²) >= 11 is 0. The van der Waals surface area contributed by atoms with E-state index in [0.29, 0.717) is 29.6 Å². The van der Waals surface area contributed by atoms with Crippen LogP contribution in [0.15, 0.2) is 9.32 Å². The van der Waals surface area contributed by atoms with E-state index in [4.69, 9.17) is 9.26 Å². The zero-order valence-electron chi connectivity index (χ0n) is 11.6. The highest BCUT2D eigenvalue weighted by Crippen LogP contribution is 2.23. The molecule has 0 amide bonds. The summed E-state index contributed by atoms with van der Waals surface area (Å²) < 4.78 is 12.2. The Balaban J connectivity index is 2.58. The van der Waals surface area contributed by atoms with Gasteiger partial charge in [-0.15, -0.1) is 0 Å². The Morgan fingerprint density at radius 2 is 2.16 bits per heavy atom. The topological polar surface area (TPSA) is 85.9 Å². The molecular formula is C12H18N4O3. The van der Waals surface area contributed by atoms with Gasteiger partial charge in [0, 0.05) is 6.61 Å². The van der Waals surface area contributed by atoms with E-state index in [1.54, 1.807) is 13.8 Å². The van der Waals surface area contributed by atoms with Crippen LogP contribution in [0.2, 0.25) is 0 Å². The summed E-state index contributed by atoms with van der Waals surface area (Å²) in [6.45, 7) is 8.00. The SMILES string of the molecule is CCOC(CC)c1n[nH]c(=O)n1-c1c(C)noc1C. The molecule has 0 aromatic carbocycles. The van der Waals surface area contributed by atoms with Gasteiger partial charge in [-0.05, 0) is 27.2 Å². The second-order valence-electron chi connectivity index (χ2n) is 4.25. The lowest BCUT2D eigenvalue weighted by Gasteiger charge is -2.14. The van der Waals surface area contributed by atoms with Gasteiger partial charge in [0.25, 0.3) is 0 Å². The van der Waals surface area contributed by atoms with Crippen molar-refractivity contribution >= 4 is 0 Å². The summed E-state index contributed by atoms with van der Waals surface area (Å²) in [6.07, 6.45) is 0.485. The summed E-state index contributed by atoms with van der Waals surface area (Å²) in [5.74, 6) is 1.12. The van der Waals surface area contributed by atoms with Gasteiger partial charge in [0.1, 0.15) is 17.5 Å². The highest BCUT2D eigenvalue weighted by atomic mass is 16.5. The van der Waals surface area contributed by atoms with E-state index in [-0.39, 0.29) is 11.8 Å². The first-order chi connectivity index (χ1) is 9.10. The maximum atomic E-state index is 12.0. The van der Waals surface area contributed by atoms with Gasteiger partial charge >= 0.3 is 5.69 Å². The molecule has 0 saturated carbocycles. The van der Waals surface area contributed by atoms with Gasteiger partial charge in [-0.1, -0.05) is 12.1 Å². The van der Waals surface area contributed by atoms with Gasteiger partial charge in [0.05, 0.1) is 0 Å². The van der Waals surface area contributed by atoms with Crippen LogP contribution in [0.25, 0.3) is 5.69 Å². The van der Waals surface area contributed by atoms with E-state index in [0.717, 1.165) is 6.42 Å². The van der Waals surface area contributed by atoms with Gasteiger partial charge in [-0.3, -0.25) is 0 Å². The molecule has 1 atom stereocenters. The third kappa shape index (κ3) is 2.33. The minimum Gasteiger partial charge on any atom is -0.370 e. The van der Waals surface area contributed by atoms with Crippen LogP contribution in [0.4, 0.5) is 0 Å². The number of H-pyrrole nitrogens is 1. The molecule has 2 aromatic heterocycles. The van der Waals surface area contributed by atoms with Crippen LogP contribution in [0, 0.1) is 13.8 Å². The maximum absolute atomic E-state index is 12.0. The Labute approximate surface area is 110 Å². The van der Waals surface area contributed by atoms with E-state index >= 15 is 0 Å². The Morgan fingerprint density at radius 3 is 2.68 bits per heavy atom. The highest BCUT2D eigenvalue weighted by molar-refractivity contribution is 5.39. The Kier molecular flexibility index (Phi) is 3.84. The maximum Gasteiger partial charge on any atom is 0.348 e. The predicted molar refractivity (Wildman–Crippen MR) is 68.4 cm³/mol. The standard InChI is InChI=1S/C12H18N4O3/c1-5-9(18-6-2)11-13-14-12(17)16(11)10-7(3)15-19-8(10)4/h9H,5-6H2,1-4H3,(H,14,17). The fraction of sp³-hybridized carbons (Fsp3) is 0.583. The number of aromatic nitrogens is 4. The monoisotopic (exact) mass is 266 g/mol. The normalized spacial score (nSPS) is 12.8. The molecule has 2 rings (SSSR count). The van der Waals surface area contributed by atoms with E-state index in [1.165, 1.54) is 4.57 Å². The lowest BCUT2D eigenvalue weighted by Crippen LogP contribution is -2.20. The third-order valence-electron chi connectivity index (χ3n) is 2.94. The molecule has 0 bridgehead atoms. The van der Waals surface area contributed by atoms with Crippen LogP contribution in [-0.4, -0.2) is 26.5 Å². The average molecular weight is 266 g/mol. The zero-order chi connectivity index (χ0) is 14.0. The summed E-state index contributed by atoms with van der Waals surface area (Å²) in [7, 11) is 0. The molecule has 7 nitrogen and oxygen atoms in total. The molecule has 0 saturated heterocycles. The van der Waals surface area contributed by atoms with Crippen molar-refractivity contribution in [1.29, 1.82) is 0 Å². The average Bonchev–Trinajstić information content (AvgIpc) is 2.90. The molecule has 0 radical (unpaired) electrons. The van der Waals surface area contributed by atoms with Crippen LogP contribution in [0.3, 0.4) is 0 Å². The fourth-order valence-electron chi connectivity index (χ4n) is 2.11. The number of aryl methyl sites for hydroxylation is 2. The molecular weight excluding hydrogens is 248 g/mol. The largest absolute Gasteiger partial charge is 0.370 e. The Bertz CT molecular complexity index is 591. The van der Waals surface area contributed by atoms with Crippen LogP contribution < -0.4 is 5.69 Å². The van der Waals surface area contributed by atoms with Crippen molar-refractivity contribution in [2.24, 2.45) is 0 Å². The summed E-state index contributed by atoms with van der Waals surface area (Å²) in [4.78, 5) is 12.0. The second-order valence-corrected chi connectivity index (χ2v) is 4.25. The van der Waals surface area contributed by atoms with Gasteiger partial charge in [0.2, 0.25) is 0 Å². The number of nitrogens with zero attached hydrogens (tertiary/aromatic N) is 3. The lowest BCUT2D eigenvalue weighted by atomic mass is 10.2. The van der Waals surface area contributed by atoms with Gasteiger partial charge in [-0.25, -0.2) is 14.5 Å². The molecule has 0 spiro atoms. The quantitative estimate of drug-likeness (QED) is 0.889. The molecule has 1 N–H and O–H groups in total. The van der Waals surface area contributed by atoms with Crippen molar-refractivity contribution in [2.75, 3.05) is 6.61 Å². The number of aromatic amines is 1. The third-order valence-corrected chi connectivity index (χ3v) is 2.94. The Morgan fingerprint density at radius 1 is 1.42 bits per heavy atom. The first-order valence-corrected chi connectivity index (χ1v) is 6.32. The number of ether oxygens (including phenoxy) is 1. The predicted octanol–water partition coefficient (Wildman–Crippen LogP) is 1.65. The number of hydrogen-bond donors (Lipinski definition) is 1. The second kappa shape index (κ2) is 5.40. The van der Waals surface area contributed by atoms with Crippen molar-refractivity contribution in [3.8, 4) is 5.69 Å². The molecule has 2 heterocycles. The first kappa shape index (κ1) is 13.5. The van der Waals surface area contributed by atoms with Gasteiger partial charge < -0.3 is 9.26 Å². The number of hydrogen-bond acceptors (Lipinski definition) is 5. The van der Waals surface area contributed by atoms with Crippen molar-refractivity contribution in [1.82, 2.24) is 19.9 Å². The van der Waals surface area contributed by atoms with Crippen molar-refractivity contribution < 1.29 is 9.26 Å². The van der Waals surface area contributed by atoms with Crippen LogP contribution >= 0.6 is 0 Å². The molecule has 7 heteroatoms. The van der Waals surface area contributed by atoms with Crippen molar-refractivity contribution in [3.63, 3.8) is 0 Å². The fourth-order valence-corrected chi connectivity index (χ4v) is 2.11. The van der Waals surface area contributed by atoms with Crippen molar-refractivity contribution in [2.45, 2.75) is 40.2 Å². The molecule has 2 aromatic rings. The molecule has 0 aliphatic rings. The van der Waals surface area contributed by atoms with Crippen LogP contribution in [0.1, 0.15) is 43.7 Å². The van der Waals surface area contributed by atoms with E-state index in [9.17, 15) is 4.79 Å².